The molecule has 0 bridgehead atoms. The van der Waals surface area contributed by atoms with Crippen molar-refractivity contribution < 1.29 is 4.79 Å². The monoisotopic (exact) mass is 301 g/mol. The molecule has 1 saturated heterocycles. The highest BCUT2D eigenvalue weighted by molar-refractivity contribution is 8.00. The summed E-state index contributed by atoms with van der Waals surface area (Å²) >= 11 is 1.90. The van der Waals surface area contributed by atoms with Gasteiger partial charge in [0.15, 0.2) is 0 Å². The quantitative estimate of drug-likeness (QED) is 0.880. The molecule has 1 fully saturated rings. The first-order valence-corrected chi connectivity index (χ1v) is 8.03. The van der Waals surface area contributed by atoms with Crippen LogP contribution in [0.5, 0.6) is 0 Å². The topological polar surface area (TPSA) is 59.2 Å². The lowest BCUT2D eigenvalue weighted by molar-refractivity contribution is 0.0742. The largest absolute Gasteiger partial charge is 0.383 e. The number of benzene rings is 1. The highest BCUT2D eigenvalue weighted by atomic mass is 32.2. The number of carbonyl (C=O) groups excluding carboxylic acids is 1. The molecular formula is C16H19N3OS. The number of fused-ring (bicyclic) bond motifs is 1. The Morgan fingerprint density at radius 2 is 2.14 bits per heavy atom. The molecule has 1 amide bonds. The predicted octanol–water partition coefficient (Wildman–Crippen LogP) is 2.78. The third-order valence-electron chi connectivity index (χ3n) is 3.70. The van der Waals surface area contributed by atoms with E-state index in [0.717, 1.165) is 29.6 Å². The van der Waals surface area contributed by atoms with Crippen LogP contribution in [0.25, 0.3) is 10.8 Å². The number of carbonyl (C=O) groups is 1. The first-order valence-electron chi connectivity index (χ1n) is 7.05. The van der Waals surface area contributed by atoms with E-state index in [2.05, 4.69) is 18.8 Å². The first-order chi connectivity index (χ1) is 9.96. The molecule has 0 unspecified atom stereocenters. The van der Waals surface area contributed by atoms with Crippen LogP contribution in [0.1, 0.15) is 24.3 Å². The second-order valence-corrected chi connectivity index (χ2v) is 7.75. The minimum Gasteiger partial charge on any atom is -0.383 e. The van der Waals surface area contributed by atoms with Crippen LogP contribution in [0.3, 0.4) is 0 Å². The Kier molecular flexibility index (Phi) is 3.53. The van der Waals surface area contributed by atoms with Crippen LogP contribution in [0.2, 0.25) is 0 Å². The van der Waals surface area contributed by atoms with Gasteiger partial charge in [-0.3, -0.25) is 4.79 Å². The maximum atomic E-state index is 12.7. The highest BCUT2D eigenvalue weighted by Crippen LogP contribution is 2.30. The molecule has 1 aliphatic rings. The summed E-state index contributed by atoms with van der Waals surface area (Å²) in [6.45, 7) is 5.84. The predicted molar refractivity (Wildman–Crippen MR) is 88.6 cm³/mol. The molecule has 2 N–H and O–H groups in total. The minimum atomic E-state index is -0.0270. The Morgan fingerprint density at radius 1 is 1.38 bits per heavy atom. The maximum absolute atomic E-state index is 12.7. The Balaban J connectivity index is 1.94. The summed E-state index contributed by atoms with van der Waals surface area (Å²) in [5, 5.41) is 1.85. The van der Waals surface area contributed by atoms with Gasteiger partial charge >= 0.3 is 0 Å². The van der Waals surface area contributed by atoms with E-state index in [-0.39, 0.29) is 10.7 Å². The van der Waals surface area contributed by atoms with E-state index in [0.29, 0.717) is 11.5 Å². The number of nitrogens with two attached hydrogens (primary N) is 1. The van der Waals surface area contributed by atoms with Gasteiger partial charge in [0.2, 0.25) is 0 Å². The molecule has 2 aromatic rings. The molecule has 4 nitrogen and oxygen atoms in total. The zero-order valence-corrected chi connectivity index (χ0v) is 13.1. The number of nitrogens with zero attached hydrogens (tertiary/aromatic N) is 2. The molecule has 1 aromatic carbocycles. The van der Waals surface area contributed by atoms with Gasteiger partial charge in [0, 0.05) is 29.0 Å². The van der Waals surface area contributed by atoms with Gasteiger partial charge in [-0.15, -0.1) is 0 Å². The Morgan fingerprint density at radius 3 is 2.90 bits per heavy atom. The molecule has 1 aromatic heterocycles. The summed E-state index contributed by atoms with van der Waals surface area (Å²) in [6, 6.07) is 9.58. The maximum Gasteiger partial charge on any atom is 0.272 e. The lowest BCUT2D eigenvalue weighted by Crippen LogP contribution is -2.46. The van der Waals surface area contributed by atoms with Crippen molar-refractivity contribution >= 4 is 34.3 Å². The van der Waals surface area contributed by atoms with Gasteiger partial charge < -0.3 is 10.6 Å². The average Bonchev–Trinajstić information content (AvgIpc) is 2.45. The van der Waals surface area contributed by atoms with Crippen molar-refractivity contribution in [1.82, 2.24) is 9.88 Å². The van der Waals surface area contributed by atoms with E-state index in [9.17, 15) is 4.79 Å². The standard InChI is InChI=1S/C16H19N3OS/c1-16(2)10-19(7-8-21-16)15(20)13-9-11-5-3-4-6-12(11)14(17)18-13/h3-6,9H,7-8,10H2,1-2H3,(H2,17,18). The zero-order valence-electron chi connectivity index (χ0n) is 12.3. The van der Waals surface area contributed by atoms with Gasteiger partial charge in [-0.25, -0.2) is 4.98 Å². The van der Waals surface area contributed by atoms with E-state index < -0.39 is 0 Å². The number of hydrogen-bond acceptors (Lipinski definition) is 4. The molecule has 0 atom stereocenters. The van der Waals surface area contributed by atoms with Crippen LogP contribution >= 0.6 is 11.8 Å². The van der Waals surface area contributed by atoms with Crippen LogP contribution in [0, 0.1) is 0 Å². The van der Waals surface area contributed by atoms with Crippen LogP contribution in [0.15, 0.2) is 30.3 Å². The molecule has 0 radical (unpaired) electrons. The summed E-state index contributed by atoms with van der Waals surface area (Å²) < 4.78 is 0.0936. The van der Waals surface area contributed by atoms with Crippen LogP contribution < -0.4 is 5.73 Å². The van der Waals surface area contributed by atoms with E-state index in [1.165, 1.54) is 0 Å². The van der Waals surface area contributed by atoms with E-state index in [1.807, 2.05) is 47.0 Å². The SMILES string of the molecule is CC1(C)CN(C(=O)c2cc3ccccc3c(N)n2)CCS1. The molecular weight excluding hydrogens is 282 g/mol. The Hall–Kier alpha value is -1.75. The number of hydrogen-bond donors (Lipinski definition) is 1. The highest BCUT2D eigenvalue weighted by Gasteiger charge is 2.30. The fourth-order valence-electron chi connectivity index (χ4n) is 2.69. The molecule has 1 aliphatic heterocycles. The Labute approximate surface area is 128 Å². The third-order valence-corrected chi connectivity index (χ3v) is 5.00. The fraction of sp³-hybridized carbons (Fsp3) is 0.375. The molecule has 0 saturated carbocycles. The number of aromatic nitrogens is 1. The lowest BCUT2D eigenvalue weighted by atomic mass is 10.1. The second kappa shape index (κ2) is 5.22. The van der Waals surface area contributed by atoms with Gasteiger partial charge in [0.05, 0.1) is 0 Å². The molecule has 21 heavy (non-hydrogen) atoms. The Bertz CT molecular complexity index is 699. The van der Waals surface area contributed by atoms with Gasteiger partial charge in [-0.2, -0.15) is 11.8 Å². The molecule has 0 spiro atoms. The van der Waals surface area contributed by atoms with Crippen LogP contribution in [0.4, 0.5) is 5.82 Å². The number of pyridine rings is 1. The second-order valence-electron chi connectivity index (χ2n) is 5.95. The van der Waals surface area contributed by atoms with Gasteiger partial charge in [-0.05, 0) is 25.3 Å². The van der Waals surface area contributed by atoms with Gasteiger partial charge in [0.1, 0.15) is 11.5 Å². The van der Waals surface area contributed by atoms with Crippen molar-refractivity contribution in [1.29, 1.82) is 0 Å². The van der Waals surface area contributed by atoms with Crippen molar-refractivity contribution in [2.24, 2.45) is 0 Å². The summed E-state index contributed by atoms with van der Waals surface area (Å²) in [5.41, 5.74) is 6.43. The van der Waals surface area contributed by atoms with Gasteiger partial charge in [0.25, 0.3) is 5.91 Å². The van der Waals surface area contributed by atoms with E-state index >= 15 is 0 Å². The number of amides is 1. The average molecular weight is 301 g/mol. The van der Waals surface area contributed by atoms with Crippen LogP contribution in [-0.2, 0) is 0 Å². The number of nitrogen functional groups attached to an aromatic ring is 1. The van der Waals surface area contributed by atoms with E-state index in [4.69, 9.17) is 5.73 Å². The molecule has 0 aliphatic carbocycles. The van der Waals surface area contributed by atoms with Crippen molar-refractivity contribution in [2.45, 2.75) is 18.6 Å². The van der Waals surface area contributed by atoms with Crippen molar-refractivity contribution in [3.63, 3.8) is 0 Å². The molecule has 5 heteroatoms. The summed E-state index contributed by atoms with van der Waals surface area (Å²) in [5.74, 6) is 1.35. The lowest BCUT2D eigenvalue weighted by Gasteiger charge is -2.37. The van der Waals surface area contributed by atoms with Crippen LogP contribution in [-0.4, -0.2) is 39.4 Å². The summed E-state index contributed by atoms with van der Waals surface area (Å²) in [6.07, 6.45) is 0. The minimum absolute atomic E-state index is 0.0270. The number of rotatable bonds is 1. The normalized spacial score (nSPS) is 17.9. The third kappa shape index (κ3) is 2.83. The molecule has 2 heterocycles. The number of anilines is 1. The van der Waals surface area contributed by atoms with E-state index in [1.54, 1.807) is 0 Å². The van der Waals surface area contributed by atoms with Crippen molar-refractivity contribution in [3.05, 3.63) is 36.0 Å². The van der Waals surface area contributed by atoms with Gasteiger partial charge in [-0.1, -0.05) is 24.3 Å². The fourth-order valence-corrected chi connectivity index (χ4v) is 3.80. The summed E-state index contributed by atoms with van der Waals surface area (Å²) in [7, 11) is 0. The van der Waals surface area contributed by atoms with Crippen molar-refractivity contribution in [2.75, 3.05) is 24.6 Å². The smallest absolute Gasteiger partial charge is 0.272 e. The van der Waals surface area contributed by atoms with Crippen molar-refractivity contribution in [3.8, 4) is 0 Å². The molecule has 110 valence electrons. The summed E-state index contributed by atoms with van der Waals surface area (Å²) in [4.78, 5) is 18.9. The first kappa shape index (κ1) is 14.2. The number of thioether (sulfide) groups is 1. The molecule has 3 rings (SSSR count). The zero-order chi connectivity index (χ0) is 15.0.